The van der Waals surface area contributed by atoms with Crippen molar-refractivity contribution in [3.63, 3.8) is 0 Å². The summed E-state index contributed by atoms with van der Waals surface area (Å²) >= 11 is 0. The van der Waals surface area contributed by atoms with Crippen molar-refractivity contribution in [1.82, 2.24) is 4.98 Å². The van der Waals surface area contributed by atoms with E-state index in [1.165, 1.54) is 37.8 Å². The number of hydrogen-bond acceptors (Lipinski definition) is 2. The van der Waals surface area contributed by atoms with Gasteiger partial charge in [0.15, 0.2) is 0 Å². The molecule has 1 aliphatic rings. The summed E-state index contributed by atoms with van der Waals surface area (Å²) in [4.78, 5) is 15.9. The van der Waals surface area contributed by atoms with E-state index in [1.54, 1.807) is 0 Å². The van der Waals surface area contributed by atoms with Crippen molar-refractivity contribution in [3.8, 4) is 0 Å². The van der Waals surface area contributed by atoms with Crippen molar-refractivity contribution in [1.29, 1.82) is 0 Å². The van der Waals surface area contributed by atoms with E-state index >= 15 is 0 Å². The van der Waals surface area contributed by atoms with Gasteiger partial charge in [-0.25, -0.2) is 0 Å². The van der Waals surface area contributed by atoms with Gasteiger partial charge in [0.25, 0.3) is 5.91 Å². The van der Waals surface area contributed by atoms with Gasteiger partial charge in [-0.3, -0.25) is 9.78 Å². The molecule has 0 bridgehead atoms. The van der Waals surface area contributed by atoms with Gasteiger partial charge in [-0.2, -0.15) is 0 Å². The molecule has 1 fully saturated rings. The number of aromatic nitrogens is 1. The zero-order chi connectivity index (χ0) is 12.4. The summed E-state index contributed by atoms with van der Waals surface area (Å²) in [5, 5.41) is 0. The lowest BCUT2D eigenvalue weighted by molar-refractivity contribution is 0.0999. The van der Waals surface area contributed by atoms with E-state index in [0.29, 0.717) is 11.5 Å². The molecule has 0 aromatic carbocycles. The second-order valence-electron chi connectivity index (χ2n) is 5.02. The Morgan fingerprint density at radius 1 is 1.29 bits per heavy atom. The van der Waals surface area contributed by atoms with Crippen LogP contribution in [-0.4, -0.2) is 10.9 Å². The minimum Gasteiger partial charge on any atom is -0.366 e. The average molecular weight is 232 g/mol. The van der Waals surface area contributed by atoms with Gasteiger partial charge in [0.1, 0.15) is 0 Å². The van der Waals surface area contributed by atoms with Crippen LogP contribution in [0.3, 0.4) is 0 Å². The van der Waals surface area contributed by atoms with Crippen LogP contribution in [0.4, 0.5) is 0 Å². The minimum atomic E-state index is -0.381. The molecular weight excluding hydrogens is 212 g/mol. The van der Waals surface area contributed by atoms with Gasteiger partial charge < -0.3 is 5.73 Å². The van der Waals surface area contributed by atoms with Crippen LogP contribution in [0.15, 0.2) is 6.07 Å². The minimum absolute atomic E-state index is 0.381. The number of nitrogens with two attached hydrogens (primary N) is 1. The van der Waals surface area contributed by atoms with E-state index < -0.39 is 0 Å². The first-order valence-electron chi connectivity index (χ1n) is 6.37. The molecule has 2 rings (SSSR count). The molecule has 1 heterocycles. The smallest absolute Gasteiger partial charge is 0.250 e. The van der Waals surface area contributed by atoms with Crippen LogP contribution in [0.1, 0.15) is 65.3 Å². The number of aryl methyl sites for hydroxylation is 2. The Morgan fingerprint density at radius 3 is 2.53 bits per heavy atom. The standard InChI is InChI=1S/C14H20N2O/c1-9-8-12(14(15)17)10(2)16-13(9)11-6-4-3-5-7-11/h8,11H,3-7H2,1-2H3,(H2,15,17). The Morgan fingerprint density at radius 2 is 1.94 bits per heavy atom. The zero-order valence-electron chi connectivity index (χ0n) is 10.6. The second-order valence-corrected chi connectivity index (χ2v) is 5.02. The van der Waals surface area contributed by atoms with Crippen LogP contribution in [0.5, 0.6) is 0 Å². The fraction of sp³-hybridized carbons (Fsp3) is 0.571. The van der Waals surface area contributed by atoms with E-state index in [9.17, 15) is 4.79 Å². The lowest BCUT2D eigenvalue weighted by atomic mass is 9.85. The number of amides is 1. The molecule has 0 aliphatic heterocycles. The molecule has 1 aromatic rings. The third-order valence-corrected chi connectivity index (χ3v) is 3.70. The molecule has 0 unspecified atom stereocenters. The van der Waals surface area contributed by atoms with E-state index in [-0.39, 0.29) is 5.91 Å². The van der Waals surface area contributed by atoms with Gasteiger partial charge in [0.05, 0.1) is 11.3 Å². The molecule has 3 heteroatoms. The van der Waals surface area contributed by atoms with Crippen LogP contribution >= 0.6 is 0 Å². The number of hydrogen-bond donors (Lipinski definition) is 1. The maximum atomic E-state index is 11.2. The van der Waals surface area contributed by atoms with Gasteiger partial charge in [-0.1, -0.05) is 19.3 Å². The van der Waals surface area contributed by atoms with Crippen molar-refractivity contribution in [2.24, 2.45) is 5.73 Å². The van der Waals surface area contributed by atoms with Gasteiger partial charge >= 0.3 is 0 Å². The number of primary amides is 1. The molecular formula is C14H20N2O. The molecule has 2 N–H and O–H groups in total. The Labute approximate surface area is 102 Å². The summed E-state index contributed by atoms with van der Waals surface area (Å²) in [6.07, 6.45) is 6.38. The SMILES string of the molecule is Cc1cc(C(N)=O)c(C)nc1C1CCCCC1. The second kappa shape index (κ2) is 4.86. The fourth-order valence-electron chi connectivity index (χ4n) is 2.76. The van der Waals surface area contributed by atoms with E-state index in [4.69, 9.17) is 5.73 Å². The summed E-state index contributed by atoms with van der Waals surface area (Å²) in [6.45, 7) is 3.90. The highest BCUT2D eigenvalue weighted by molar-refractivity contribution is 5.94. The average Bonchev–Trinajstić information content (AvgIpc) is 2.32. The van der Waals surface area contributed by atoms with Crippen LogP contribution in [0.2, 0.25) is 0 Å². The topological polar surface area (TPSA) is 56.0 Å². The summed E-state index contributed by atoms with van der Waals surface area (Å²) in [6, 6.07) is 1.90. The predicted molar refractivity (Wildman–Crippen MR) is 68.1 cm³/mol. The summed E-state index contributed by atoms with van der Waals surface area (Å²) in [7, 11) is 0. The van der Waals surface area contributed by atoms with Crippen molar-refractivity contribution >= 4 is 5.91 Å². The lowest BCUT2D eigenvalue weighted by Gasteiger charge is -2.23. The highest BCUT2D eigenvalue weighted by Gasteiger charge is 2.20. The van der Waals surface area contributed by atoms with Gasteiger partial charge in [-0.15, -0.1) is 0 Å². The van der Waals surface area contributed by atoms with E-state index in [0.717, 1.165) is 11.3 Å². The van der Waals surface area contributed by atoms with E-state index in [2.05, 4.69) is 4.98 Å². The first kappa shape index (κ1) is 12.1. The fourth-order valence-corrected chi connectivity index (χ4v) is 2.76. The largest absolute Gasteiger partial charge is 0.366 e. The van der Waals surface area contributed by atoms with Crippen LogP contribution in [0, 0.1) is 13.8 Å². The first-order valence-corrected chi connectivity index (χ1v) is 6.37. The molecule has 1 aliphatic carbocycles. The first-order chi connectivity index (χ1) is 8.09. The molecule has 0 saturated heterocycles. The van der Waals surface area contributed by atoms with Crippen molar-refractivity contribution in [3.05, 3.63) is 28.6 Å². The number of pyridine rings is 1. The molecule has 3 nitrogen and oxygen atoms in total. The monoisotopic (exact) mass is 232 g/mol. The Bertz CT molecular complexity index is 434. The normalized spacial score (nSPS) is 17.1. The summed E-state index contributed by atoms with van der Waals surface area (Å²) < 4.78 is 0. The maximum Gasteiger partial charge on any atom is 0.250 e. The molecule has 1 aromatic heterocycles. The zero-order valence-corrected chi connectivity index (χ0v) is 10.6. The van der Waals surface area contributed by atoms with Gasteiger partial charge in [0.2, 0.25) is 0 Å². The Kier molecular flexibility index (Phi) is 3.46. The maximum absolute atomic E-state index is 11.2. The highest BCUT2D eigenvalue weighted by Crippen LogP contribution is 2.33. The van der Waals surface area contributed by atoms with Crippen molar-refractivity contribution in [2.45, 2.75) is 51.9 Å². The molecule has 0 spiro atoms. The lowest BCUT2D eigenvalue weighted by Crippen LogP contribution is -2.16. The van der Waals surface area contributed by atoms with Gasteiger partial charge in [0, 0.05) is 11.6 Å². The molecule has 1 amide bonds. The molecule has 0 atom stereocenters. The Hall–Kier alpha value is -1.38. The van der Waals surface area contributed by atoms with Crippen LogP contribution < -0.4 is 5.73 Å². The van der Waals surface area contributed by atoms with Crippen molar-refractivity contribution in [2.75, 3.05) is 0 Å². The van der Waals surface area contributed by atoms with E-state index in [1.807, 2.05) is 19.9 Å². The number of rotatable bonds is 2. The molecule has 17 heavy (non-hydrogen) atoms. The summed E-state index contributed by atoms with van der Waals surface area (Å²) in [5.41, 5.74) is 8.94. The molecule has 0 radical (unpaired) electrons. The third kappa shape index (κ3) is 2.48. The van der Waals surface area contributed by atoms with Gasteiger partial charge in [-0.05, 0) is 38.3 Å². The summed E-state index contributed by atoms with van der Waals surface area (Å²) in [5.74, 6) is 0.192. The Balaban J connectivity index is 2.35. The quantitative estimate of drug-likeness (QED) is 0.852. The number of carbonyl (C=O) groups is 1. The van der Waals surface area contributed by atoms with Crippen molar-refractivity contribution < 1.29 is 4.79 Å². The third-order valence-electron chi connectivity index (χ3n) is 3.70. The highest BCUT2D eigenvalue weighted by atomic mass is 16.1. The molecule has 1 saturated carbocycles. The molecule has 92 valence electrons. The number of carbonyl (C=O) groups excluding carboxylic acids is 1. The van der Waals surface area contributed by atoms with Crippen LogP contribution in [-0.2, 0) is 0 Å². The predicted octanol–water partition coefficient (Wildman–Crippen LogP) is 2.85. The number of nitrogens with zero attached hydrogens (tertiary/aromatic N) is 1. The van der Waals surface area contributed by atoms with Crippen LogP contribution in [0.25, 0.3) is 0 Å².